The molecule has 1 fully saturated rings. The first-order valence-electron chi connectivity index (χ1n) is 8.77. The lowest BCUT2D eigenvalue weighted by Gasteiger charge is -2.47. The molecule has 0 aliphatic carbocycles. The van der Waals surface area contributed by atoms with Gasteiger partial charge in [-0.05, 0) is 44.5 Å². The highest BCUT2D eigenvalue weighted by Gasteiger charge is 2.53. The minimum Gasteiger partial charge on any atom is -0.383 e. The summed E-state index contributed by atoms with van der Waals surface area (Å²) in [6.07, 6.45) is -1.53. The largest absolute Gasteiger partial charge is 0.383 e. The zero-order valence-corrected chi connectivity index (χ0v) is 18.3. The van der Waals surface area contributed by atoms with E-state index in [0.717, 1.165) is 9.87 Å². The molecule has 0 aromatic heterocycles. The van der Waals surface area contributed by atoms with E-state index in [0.29, 0.717) is 10.0 Å². The summed E-state index contributed by atoms with van der Waals surface area (Å²) in [5, 5.41) is 10.9. The van der Waals surface area contributed by atoms with Crippen LogP contribution in [0, 0.1) is 12.3 Å². The molecular weight excluding hydrogens is 442 g/mol. The Kier molecular flexibility index (Phi) is 5.29. The number of nitrogens with zero attached hydrogens (tertiary/aromatic N) is 1. The molecule has 1 heterocycles. The Morgan fingerprint density at radius 3 is 2.25 bits per heavy atom. The van der Waals surface area contributed by atoms with Crippen LogP contribution in [0.15, 0.2) is 70.2 Å². The lowest BCUT2D eigenvalue weighted by atomic mass is 9.75. The molecule has 1 saturated heterocycles. The number of allylic oxidation sites excluding steroid dienone is 1. The molecule has 2 atom stereocenters. The number of piperidine rings is 1. The summed E-state index contributed by atoms with van der Waals surface area (Å²) in [4.78, 5) is 12.9. The highest BCUT2D eigenvalue weighted by Crippen LogP contribution is 2.47. The average Bonchev–Trinajstić information content (AvgIpc) is 2.64. The van der Waals surface area contributed by atoms with Gasteiger partial charge >= 0.3 is 0 Å². The molecule has 2 aromatic carbocycles. The Balaban J connectivity index is 2.26. The molecule has 1 N–H and O–H groups in total. The van der Waals surface area contributed by atoms with E-state index < -0.39 is 33.4 Å². The van der Waals surface area contributed by atoms with Gasteiger partial charge in [-0.25, -0.2) is 8.42 Å². The molecule has 0 saturated carbocycles. The molecule has 3 rings (SSSR count). The molecule has 7 heteroatoms. The van der Waals surface area contributed by atoms with Crippen LogP contribution in [0.4, 0.5) is 0 Å². The number of carbonyl (C=O) groups excluding carboxylic acids is 1. The van der Waals surface area contributed by atoms with Crippen LogP contribution >= 0.6 is 15.9 Å². The van der Waals surface area contributed by atoms with Crippen LogP contribution in [-0.2, 0) is 14.8 Å². The monoisotopic (exact) mass is 463 g/mol. The van der Waals surface area contributed by atoms with E-state index in [1.54, 1.807) is 50.2 Å². The van der Waals surface area contributed by atoms with Gasteiger partial charge in [-0.3, -0.25) is 9.10 Å². The molecule has 5 nitrogen and oxygen atoms in total. The average molecular weight is 464 g/mol. The predicted molar refractivity (Wildman–Crippen MR) is 111 cm³/mol. The highest BCUT2D eigenvalue weighted by atomic mass is 79.9. The molecule has 148 valence electrons. The highest BCUT2D eigenvalue weighted by molar-refractivity contribution is 9.10. The summed E-state index contributed by atoms with van der Waals surface area (Å²) in [6.45, 7) is 8.97. The summed E-state index contributed by atoms with van der Waals surface area (Å²) in [5.74, 6) is -0.464. The summed E-state index contributed by atoms with van der Waals surface area (Å²) >= 11 is 3.41. The van der Waals surface area contributed by atoms with Crippen molar-refractivity contribution in [1.29, 1.82) is 0 Å². The Bertz CT molecular complexity index is 1040. The van der Waals surface area contributed by atoms with Crippen LogP contribution in [0.25, 0.3) is 0 Å². The third kappa shape index (κ3) is 3.21. The van der Waals surface area contributed by atoms with Crippen molar-refractivity contribution >= 4 is 31.7 Å². The van der Waals surface area contributed by atoms with Gasteiger partial charge in [0.2, 0.25) is 0 Å². The molecule has 2 aromatic rings. The topological polar surface area (TPSA) is 74.7 Å². The molecular formula is C21H22BrNO4S. The lowest BCUT2D eigenvalue weighted by molar-refractivity contribution is -0.141. The maximum Gasteiger partial charge on any atom is 0.264 e. The first-order valence-corrected chi connectivity index (χ1v) is 11.0. The minimum absolute atomic E-state index is 0.0775. The molecule has 0 spiro atoms. The Morgan fingerprint density at radius 1 is 1.11 bits per heavy atom. The zero-order chi connectivity index (χ0) is 20.9. The van der Waals surface area contributed by atoms with Crippen molar-refractivity contribution in [3.05, 3.63) is 76.4 Å². The van der Waals surface area contributed by atoms with Crippen molar-refractivity contribution in [2.45, 2.75) is 37.8 Å². The van der Waals surface area contributed by atoms with Crippen LogP contribution in [0.3, 0.4) is 0 Å². The second-order valence-corrected chi connectivity index (χ2v) is 10.1. The van der Waals surface area contributed by atoms with Crippen molar-refractivity contribution in [2.75, 3.05) is 0 Å². The van der Waals surface area contributed by atoms with Gasteiger partial charge in [0.05, 0.1) is 10.3 Å². The second-order valence-electron chi connectivity index (χ2n) is 7.46. The molecule has 28 heavy (non-hydrogen) atoms. The van der Waals surface area contributed by atoms with Crippen molar-refractivity contribution in [1.82, 2.24) is 4.31 Å². The number of ketones is 1. The van der Waals surface area contributed by atoms with Gasteiger partial charge in [-0.15, -0.1) is 0 Å². The number of sulfonamides is 1. The van der Waals surface area contributed by atoms with Crippen LogP contribution in [0.1, 0.15) is 31.0 Å². The summed E-state index contributed by atoms with van der Waals surface area (Å²) in [6, 6.07) is 12.3. The fourth-order valence-electron chi connectivity index (χ4n) is 3.36. The van der Waals surface area contributed by atoms with Crippen LogP contribution in [0.2, 0.25) is 0 Å². The van der Waals surface area contributed by atoms with E-state index in [2.05, 4.69) is 22.5 Å². The summed E-state index contributed by atoms with van der Waals surface area (Å²) in [5.41, 5.74) is 0.323. The smallest absolute Gasteiger partial charge is 0.264 e. The van der Waals surface area contributed by atoms with Crippen molar-refractivity contribution < 1.29 is 18.3 Å². The van der Waals surface area contributed by atoms with Gasteiger partial charge in [-0.2, -0.15) is 0 Å². The van der Waals surface area contributed by atoms with Crippen LogP contribution in [0.5, 0.6) is 0 Å². The number of aryl methyl sites for hydroxylation is 1. The van der Waals surface area contributed by atoms with Gasteiger partial charge in [0, 0.05) is 10.2 Å². The number of carbonyl (C=O) groups is 1. The van der Waals surface area contributed by atoms with E-state index >= 15 is 0 Å². The Hall–Kier alpha value is -1.96. The fourth-order valence-corrected chi connectivity index (χ4v) is 5.63. The van der Waals surface area contributed by atoms with Gasteiger partial charge in [0.15, 0.2) is 5.78 Å². The number of hydrogen-bond donors (Lipinski definition) is 1. The van der Waals surface area contributed by atoms with E-state index in [9.17, 15) is 18.3 Å². The fraction of sp³-hybridized carbons (Fsp3) is 0.286. The number of aliphatic hydroxyl groups excluding tert-OH is 1. The van der Waals surface area contributed by atoms with Crippen molar-refractivity contribution in [3.8, 4) is 0 Å². The number of benzene rings is 2. The summed E-state index contributed by atoms with van der Waals surface area (Å²) in [7, 11) is -4.07. The van der Waals surface area contributed by atoms with Crippen LogP contribution in [-0.4, -0.2) is 29.7 Å². The minimum atomic E-state index is -4.07. The maximum atomic E-state index is 13.6. The zero-order valence-electron chi connectivity index (χ0n) is 15.9. The second kappa shape index (κ2) is 7.13. The standard InChI is InChI=1S/C21H22BrNO4S/c1-13-9-11-15(12-10-13)28(26,27)23-14(2)21(3,4)20(25)19(24)18(23)16-7-5-6-8-17(16)22/h5-12,18-19,24H,2H2,1,3-4H3/t18-,19-/m0/s1. The molecule has 0 radical (unpaired) electrons. The molecule has 1 aliphatic rings. The van der Waals surface area contributed by atoms with Gasteiger partial charge in [0.25, 0.3) is 10.0 Å². The number of rotatable bonds is 3. The quantitative estimate of drug-likeness (QED) is 0.746. The first-order chi connectivity index (χ1) is 13.0. The van der Waals surface area contributed by atoms with Gasteiger partial charge in [0.1, 0.15) is 12.1 Å². The number of aliphatic hydroxyl groups is 1. The Morgan fingerprint density at radius 2 is 1.68 bits per heavy atom. The van der Waals surface area contributed by atoms with E-state index in [1.165, 1.54) is 12.1 Å². The summed E-state index contributed by atoms with van der Waals surface area (Å²) < 4.78 is 28.8. The van der Waals surface area contributed by atoms with Gasteiger partial charge < -0.3 is 5.11 Å². The lowest BCUT2D eigenvalue weighted by Crippen LogP contribution is -2.55. The third-order valence-electron chi connectivity index (χ3n) is 5.23. The van der Waals surface area contributed by atoms with Crippen molar-refractivity contribution in [2.24, 2.45) is 5.41 Å². The van der Waals surface area contributed by atoms with E-state index in [4.69, 9.17) is 0 Å². The van der Waals surface area contributed by atoms with Gasteiger partial charge in [-0.1, -0.05) is 58.4 Å². The normalized spacial score (nSPS) is 22.4. The molecule has 1 aliphatic heterocycles. The number of Topliss-reactive ketones (excluding diaryl/α,β-unsaturated/α-hetero) is 1. The maximum absolute atomic E-state index is 13.6. The number of hydrogen-bond acceptors (Lipinski definition) is 4. The number of halogens is 1. The molecule has 0 bridgehead atoms. The van der Waals surface area contributed by atoms with Crippen molar-refractivity contribution in [3.63, 3.8) is 0 Å². The van der Waals surface area contributed by atoms with Crippen LogP contribution < -0.4 is 0 Å². The SMILES string of the molecule is C=C1N(S(=O)(=O)c2ccc(C)cc2)[C@@H](c2ccccc2Br)[C@H](O)C(=O)C1(C)C. The predicted octanol–water partition coefficient (Wildman–Crippen LogP) is 3.97. The third-order valence-corrected chi connectivity index (χ3v) is 7.78. The van der Waals surface area contributed by atoms with E-state index in [-0.39, 0.29) is 10.6 Å². The Labute approximate surface area is 173 Å². The molecule has 0 unspecified atom stereocenters. The molecule has 0 amide bonds. The first kappa shape index (κ1) is 20.8. The van der Waals surface area contributed by atoms with E-state index in [1.807, 2.05) is 6.92 Å².